The number of hydrogen-bond donors (Lipinski definition) is 1. The van der Waals surface area contributed by atoms with Crippen molar-refractivity contribution in [3.8, 4) is 6.07 Å². The van der Waals surface area contributed by atoms with Crippen molar-refractivity contribution in [2.45, 2.75) is 0 Å². The van der Waals surface area contributed by atoms with Gasteiger partial charge in [0.2, 0.25) is 0 Å². The monoisotopic (exact) mass is 187 g/mol. The SMILES string of the molecule is CN=CC(Br)=C(N)C#N. The maximum Gasteiger partial charge on any atom is 0.126 e. The van der Waals surface area contributed by atoms with Crippen LogP contribution in [0.2, 0.25) is 0 Å². The smallest absolute Gasteiger partial charge is 0.126 e. The van der Waals surface area contributed by atoms with Gasteiger partial charge in [-0.1, -0.05) is 0 Å². The van der Waals surface area contributed by atoms with Gasteiger partial charge in [-0.05, 0) is 15.9 Å². The molecule has 0 spiro atoms. The van der Waals surface area contributed by atoms with E-state index in [1.165, 1.54) is 6.21 Å². The van der Waals surface area contributed by atoms with Crippen molar-refractivity contribution >= 4 is 22.1 Å². The van der Waals surface area contributed by atoms with Crippen LogP contribution in [0, 0.1) is 11.3 Å². The molecule has 3 nitrogen and oxygen atoms in total. The van der Waals surface area contributed by atoms with E-state index in [2.05, 4.69) is 20.9 Å². The lowest BCUT2D eigenvalue weighted by atomic mass is 10.4. The highest BCUT2D eigenvalue weighted by molar-refractivity contribution is 9.12. The van der Waals surface area contributed by atoms with Crippen molar-refractivity contribution in [3.63, 3.8) is 0 Å². The average molecular weight is 188 g/mol. The summed E-state index contributed by atoms with van der Waals surface area (Å²) in [5.74, 6) is 0. The second kappa shape index (κ2) is 4.10. The van der Waals surface area contributed by atoms with Gasteiger partial charge in [0.05, 0.1) is 4.48 Å². The second-order valence-corrected chi connectivity index (χ2v) is 2.12. The largest absolute Gasteiger partial charge is 0.389 e. The van der Waals surface area contributed by atoms with Gasteiger partial charge in [0, 0.05) is 13.3 Å². The van der Waals surface area contributed by atoms with Crippen LogP contribution in [0.3, 0.4) is 0 Å². The molecule has 2 N–H and O–H groups in total. The summed E-state index contributed by atoms with van der Waals surface area (Å²) < 4.78 is 0.521. The average Bonchev–Trinajstić information content (AvgIpc) is 1.87. The predicted octanol–water partition coefficient (Wildman–Crippen LogP) is 0.776. The van der Waals surface area contributed by atoms with E-state index in [1.54, 1.807) is 13.1 Å². The Kier molecular flexibility index (Phi) is 3.72. The number of rotatable bonds is 1. The van der Waals surface area contributed by atoms with E-state index in [1.807, 2.05) is 0 Å². The van der Waals surface area contributed by atoms with Crippen LogP contribution in [0.15, 0.2) is 15.2 Å². The van der Waals surface area contributed by atoms with Gasteiger partial charge in [-0.15, -0.1) is 0 Å². The fraction of sp³-hybridized carbons (Fsp3) is 0.200. The summed E-state index contributed by atoms with van der Waals surface area (Å²) in [6.45, 7) is 0. The van der Waals surface area contributed by atoms with E-state index in [9.17, 15) is 0 Å². The van der Waals surface area contributed by atoms with E-state index in [0.717, 1.165) is 0 Å². The number of nitrogens with zero attached hydrogens (tertiary/aromatic N) is 2. The van der Waals surface area contributed by atoms with Crippen molar-refractivity contribution in [1.29, 1.82) is 5.26 Å². The van der Waals surface area contributed by atoms with Crippen LogP contribution in [-0.4, -0.2) is 13.3 Å². The molecule has 0 atom stereocenters. The van der Waals surface area contributed by atoms with Gasteiger partial charge in [-0.3, -0.25) is 4.99 Å². The molecule has 0 aromatic heterocycles. The van der Waals surface area contributed by atoms with Crippen LogP contribution >= 0.6 is 15.9 Å². The Morgan fingerprint density at radius 1 is 1.89 bits per heavy atom. The number of nitrogens with two attached hydrogens (primary N) is 1. The number of aliphatic imine (C=N–C) groups is 1. The summed E-state index contributed by atoms with van der Waals surface area (Å²) in [6.07, 6.45) is 1.47. The van der Waals surface area contributed by atoms with Crippen molar-refractivity contribution in [2.75, 3.05) is 7.05 Å². The lowest BCUT2D eigenvalue weighted by Crippen LogP contribution is -1.96. The van der Waals surface area contributed by atoms with Gasteiger partial charge >= 0.3 is 0 Å². The normalized spacial score (nSPS) is 13.0. The van der Waals surface area contributed by atoms with E-state index >= 15 is 0 Å². The third-order valence-electron chi connectivity index (χ3n) is 0.620. The van der Waals surface area contributed by atoms with Crippen LogP contribution in [0.4, 0.5) is 0 Å². The highest BCUT2D eigenvalue weighted by Gasteiger charge is 1.91. The molecule has 0 unspecified atom stereocenters. The Balaban J connectivity index is 4.34. The minimum Gasteiger partial charge on any atom is -0.389 e. The van der Waals surface area contributed by atoms with Gasteiger partial charge in [0.25, 0.3) is 0 Å². The molecule has 4 heteroatoms. The van der Waals surface area contributed by atoms with Crippen LogP contribution in [0.25, 0.3) is 0 Å². The minimum atomic E-state index is 0.139. The number of allylic oxidation sites excluding steroid dienone is 2. The first-order valence-electron chi connectivity index (χ1n) is 2.20. The standard InChI is InChI=1S/C5H6BrN3/c1-9-3-4(6)5(8)2-7/h3H,8H2,1H3. The Morgan fingerprint density at radius 3 is 2.78 bits per heavy atom. The molecule has 48 valence electrons. The quantitative estimate of drug-likeness (QED) is 0.488. The molecule has 0 rings (SSSR count). The molecule has 0 fully saturated rings. The first-order chi connectivity index (χ1) is 4.22. The molecule has 0 aliphatic carbocycles. The van der Waals surface area contributed by atoms with Gasteiger partial charge in [0.1, 0.15) is 11.8 Å². The zero-order valence-corrected chi connectivity index (χ0v) is 6.51. The van der Waals surface area contributed by atoms with E-state index in [4.69, 9.17) is 11.0 Å². The fourth-order valence-electron chi connectivity index (χ4n) is 0.236. The van der Waals surface area contributed by atoms with Crippen LogP contribution < -0.4 is 5.73 Å². The third-order valence-corrected chi connectivity index (χ3v) is 1.25. The van der Waals surface area contributed by atoms with E-state index < -0.39 is 0 Å². The molecule has 0 aliphatic heterocycles. The summed E-state index contributed by atoms with van der Waals surface area (Å²) in [5, 5.41) is 8.21. The zero-order chi connectivity index (χ0) is 7.28. The molecule has 0 saturated heterocycles. The van der Waals surface area contributed by atoms with Crippen LogP contribution in [-0.2, 0) is 0 Å². The Labute approximate surface area is 62.0 Å². The van der Waals surface area contributed by atoms with Crippen molar-refractivity contribution < 1.29 is 0 Å². The van der Waals surface area contributed by atoms with Gasteiger partial charge in [-0.2, -0.15) is 5.26 Å². The molecule has 0 bridgehead atoms. The molecule has 0 heterocycles. The zero-order valence-electron chi connectivity index (χ0n) is 4.93. The third kappa shape index (κ3) is 2.88. The van der Waals surface area contributed by atoms with E-state index in [0.29, 0.717) is 4.48 Å². The first-order valence-corrected chi connectivity index (χ1v) is 2.99. The van der Waals surface area contributed by atoms with E-state index in [-0.39, 0.29) is 5.70 Å². The number of hydrogen-bond acceptors (Lipinski definition) is 3. The van der Waals surface area contributed by atoms with Gasteiger partial charge < -0.3 is 5.73 Å². The lowest BCUT2D eigenvalue weighted by Gasteiger charge is -1.86. The highest BCUT2D eigenvalue weighted by atomic mass is 79.9. The molecule has 0 saturated carbocycles. The molecular weight excluding hydrogens is 182 g/mol. The lowest BCUT2D eigenvalue weighted by molar-refractivity contribution is 1.38. The molecule has 0 aromatic carbocycles. The summed E-state index contributed by atoms with van der Waals surface area (Å²) in [5.41, 5.74) is 5.32. The number of nitriles is 1. The summed E-state index contributed by atoms with van der Waals surface area (Å²) in [4.78, 5) is 3.64. The topological polar surface area (TPSA) is 62.2 Å². The van der Waals surface area contributed by atoms with Gasteiger partial charge in [0.15, 0.2) is 0 Å². The van der Waals surface area contributed by atoms with Crippen LogP contribution in [0.1, 0.15) is 0 Å². The Morgan fingerprint density at radius 2 is 2.44 bits per heavy atom. The molecule has 0 amide bonds. The summed E-state index contributed by atoms with van der Waals surface area (Å²) in [7, 11) is 1.60. The highest BCUT2D eigenvalue weighted by Crippen LogP contribution is 2.03. The second-order valence-electron chi connectivity index (χ2n) is 1.26. The summed E-state index contributed by atoms with van der Waals surface area (Å²) >= 11 is 3.05. The molecule has 0 radical (unpaired) electrons. The Hall–Kier alpha value is -0.820. The predicted molar refractivity (Wildman–Crippen MR) is 40.2 cm³/mol. The minimum absolute atomic E-state index is 0.139. The molecule has 0 aromatic rings. The molecule has 0 aliphatic rings. The summed E-state index contributed by atoms with van der Waals surface area (Å²) in [6, 6.07) is 1.77. The first kappa shape index (κ1) is 8.18. The fourth-order valence-corrected chi connectivity index (χ4v) is 0.530. The number of halogens is 1. The molecule has 9 heavy (non-hydrogen) atoms. The maximum atomic E-state index is 8.21. The maximum absolute atomic E-state index is 8.21. The van der Waals surface area contributed by atoms with Crippen molar-refractivity contribution in [1.82, 2.24) is 0 Å². The van der Waals surface area contributed by atoms with Gasteiger partial charge in [-0.25, -0.2) is 0 Å². The van der Waals surface area contributed by atoms with Crippen LogP contribution in [0.5, 0.6) is 0 Å². The Bertz CT molecular complexity index is 187. The van der Waals surface area contributed by atoms with Crippen molar-refractivity contribution in [2.24, 2.45) is 10.7 Å². The molecular formula is C5H6BrN3. The van der Waals surface area contributed by atoms with Crippen molar-refractivity contribution in [3.05, 3.63) is 10.2 Å².